The van der Waals surface area contributed by atoms with Crippen molar-refractivity contribution in [3.63, 3.8) is 0 Å². The van der Waals surface area contributed by atoms with E-state index in [0.717, 1.165) is 50.5 Å². The molecular formula is C12H18N4S. The zero-order chi connectivity index (χ0) is 12.1. The summed E-state index contributed by atoms with van der Waals surface area (Å²) in [6.07, 6.45) is 2.86. The Bertz CT molecular complexity index is 366. The average Bonchev–Trinajstić information content (AvgIpc) is 2.90. The van der Waals surface area contributed by atoms with Crippen LogP contribution in [0.2, 0.25) is 0 Å². The first kappa shape index (κ1) is 12.3. The lowest BCUT2D eigenvalue weighted by atomic mass is 10.2. The topological polar surface area (TPSA) is 32.3 Å². The van der Waals surface area contributed by atoms with E-state index in [1.54, 1.807) is 0 Å². The summed E-state index contributed by atoms with van der Waals surface area (Å²) in [5, 5.41) is 6.11. The number of aromatic nitrogens is 2. The van der Waals surface area contributed by atoms with Crippen molar-refractivity contribution >= 4 is 17.4 Å². The van der Waals surface area contributed by atoms with Crippen molar-refractivity contribution in [2.24, 2.45) is 0 Å². The standard InChI is InChI=1S/C12H18N4S/c1-3-11(2)4-5-15-6-8-16(9-7-15)12-10-17-14-13-12/h3,10H,1-2,4-9H2. The maximum absolute atomic E-state index is 4.10. The predicted octanol–water partition coefficient (Wildman–Crippen LogP) is 1.79. The van der Waals surface area contributed by atoms with Gasteiger partial charge in [0.25, 0.3) is 0 Å². The Kier molecular flexibility index (Phi) is 4.28. The van der Waals surface area contributed by atoms with Gasteiger partial charge in [-0.3, -0.25) is 4.90 Å². The van der Waals surface area contributed by atoms with Crippen LogP contribution < -0.4 is 4.90 Å². The van der Waals surface area contributed by atoms with Crippen molar-refractivity contribution in [2.75, 3.05) is 37.6 Å². The number of rotatable bonds is 5. The highest BCUT2D eigenvalue weighted by molar-refractivity contribution is 7.03. The molecule has 1 aliphatic rings. The molecule has 0 atom stereocenters. The second-order valence-electron chi connectivity index (χ2n) is 4.20. The van der Waals surface area contributed by atoms with Gasteiger partial charge >= 0.3 is 0 Å². The van der Waals surface area contributed by atoms with Crippen molar-refractivity contribution in [3.8, 4) is 0 Å². The van der Waals surface area contributed by atoms with Crippen molar-refractivity contribution in [1.29, 1.82) is 0 Å². The van der Waals surface area contributed by atoms with E-state index in [1.807, 2.05) is 11.5 Å². The van der Waals surface area contributed by atoms with Gasteiger partial charge < -0.3 is 4.90 Å². The van der Waals surface area contributed by atoms with Crippen molar-refractivity contribution in [2.45, 2.75) is 6.42 Å². The zero-order valence-electron chi connectivity index (χ0n) is 10.0. The molecule has 1 saturated heterocycles. The van der Waals surface area contributed by atoms with Gasteiger partial charge in [0.2, 0.25) is 0 Å². The van der Waals surface area contributed by atoms with Gasteiger partial charge in [-0.2, -0.15) is 0 Å². The lowest BCUT2D eigenvalue weighted by Gasteiger charge is -2.34. The van der Waals surface area contributed by atoms with E-state index in [1.165, 1.54) is 11.5 Å². The molecule has 2 heterocycles. The summed E-state index contributed by atoms with van der Waals surface area (Å²) in [6.45, 7) is 13.0. The van der Waals surface area contributed by atoms with Crippen molar-refractivity contribution in [1.82, 2.24) is 14.5 Å². The van der Waals surface area contributed by atoms with E-state index in [9.17, 15) is 0 Å². The minimum Gasteiger partial charge on any atom is -0.352 e. The van der Waals surface area contributed by atoms with Gasteiger partial charge in [0.15, 0.2) is 5.82 Å². The van der Waals surface area contributed by atoms with E-state index < -0.39 is 0 Å². The highest BCUT2D eigenvalue weighted by Crippen LogP contribution is 2.14. The Balaban J connectivity index is 1.74. The third-order valence-electron chi connectivity index (χ3n) is 3.08. The smallest absolute Gasteiger partial charge is 0.163 e. The molecule has 2 rings (SSSR count). The number of piperazine rings is 1. The van der Waals surface area contributed by atoms with Crippen LogP contribution in [0.1, 0.15) is 6.42 Å². The minimum atomic E-state index is 1.02. The van der Waals surface area contributed by atoms with Crippen LogP contribution in [0.5, 0.6) is 0 Å². The SMILES string of the molecule is C=CC(=C)CCN1CCN(c2csnn2)CC1. The largest absolute Gasteiger partial charge is 0.352 e. The molecule has 17 heavy (non-hydrogen) atoms. The van der Waals surface area contributed by atoms with Crippen LogP contribution in [0.3, 0.4) is 0 Å². The molecule has 1 aliphatic heterocycles. The molecule has 0 aliphatic carbocycles. The van der Waals surface area contributed by atoms with Crippen LogP contribution in [-0.2, 0) is 0 Å². The van der Waals surface area contributed by atoms with Crippen LogP contribution >= 0.6 is 11.5 Å². The summed E-state index contributed by atoms with van der Waals surface area (Å²) < 4.78 is 3.90. The third-order valence-corrected chi connectivity index (χ3v) is 3.57. The molecule has 1 aromatic heterocycles. The average molecular weight is 250 g/mol. The molecule has 0 radical (unpaired) electrons. The number of hydrogen-bond acceptors (Lipinski definition) is 5. The predicted molar refractivity (Wildman–Crippen MR) is 72.5 cm³/mol. The summed E-state index contributed by atoms with van der Waals surface area (Å²) >= 11 is 1.41. The molecule has 0 amide bonds. The highest BCUT2D eigenvalue weighted by Gasteiger charge is 2.18. The van der Waals surface area contributed by atoms with Gasteiger partial charge in [0.05, 0.1) is 5.38 Å². The van der Waals surface area contributed by atoms with Crippen molar-refractivity contribution in [3.05, 3.63) is 30.2 Å². The van der Waals surface area contributed by atoms with E-state index in [4.69, 9.17) is 0 Å². The maximum atomic E-state index is 4.10. The van der Waals surface area contributed by atoms with Gasteiger partial charge in [-0.15, -0.1) is 5.10 Å². The fraction of sp³-hybridized carbons (Fsp3) is 0.500. The molecule has 5 heteroatoms. The van der Waals surface area contributed by atoms with Crippen LogP contribution in [0.15, 0.2) is 30.2 Å². The molecule has 0 bridgehead atoms. The van der Waals surface area contributed by atoms with Crippen LogP contribution in [0.25, 0.3) is 0 Å². The van der Waals surface area contributed by atoms with Crippen LogP contribution in [0, 0.1) is 0 Å². The molecular weight excluding hydrogens is 232 g/mol. The lowest BCUT2D eigenvalue weighted by molar-refractivity contribution is 0.261. The first-order valence-electron chi connectivity index (χ1n) is 5.84. The highest BCUT2D eigenvalue weighted by atomic mass is 32.1. The molecule has 0 unspecified atom stereocenters. The first-order chi connectivity index (χ1) is 8.29. The van der Waals surface area contributed by atoms with E-state index in [-0.39, 0.29) is 0 Å². The summed E-state index contributed by atoms with van der Waals surface area (Å²) in [5.74, 6) is 1.02. The second-order valence-corrected chi connectivity index (χ2v) is 4.81. The maximum Gasteiger partial charge on any atom is 0.163 e. The third kappa shape index (κ3) is 3.38. The number of hydrogen-bond donors (Lipinski definition) is 0. The Morgan fingerprint density at radius 2 is 2.18 bits per heavy atom. The molecule has 1 aromatic rings. The molecule has 92 valence electrons. The molecule has 0 N–H and O–H groups in total. The van der Waals surface area contributed by atoms with Gasteiger partial charge in [0.1, 0.15) is 0 Å². The minimum absolute atomic E-state index is 1.02. The second kappa shape index (κ2) is 5.93. The fourth-order valence-electron chi connectivity index (χ4n) is 1.90. The van der Waals surface area contributed by atoms with E-state index in [2.05, 4.69) is 32.5 Å². The van der Waals surface area contributed by atoms with Gasteiger partial charge in [0, 0.05) is 32.7 Å². The number of anilines is 1. The van der Waals surface area contributed by atoms with Crippen molar-refractivity contribution < 1.29 is 0 Å². The summed E-state index contributed by atoms with van der Waals surface area (Å²) in [5.41, 5.74) is 1.12. The monoisotopic (exact) mass is 250 g/mol. The first-order valence-corrected chi connectivity index (χ1v) is 6.68. The summed E-state index contributed by atoms with van der Waals surface area (Å²) in [7, 11) is 0. The Morgan fingerprint density at radius 1 is 1.41 bits per heavy atom. The quantitative estimate of drug-likeness (QED) is 0.746. The Morgan fingerprint density at radius 3 is 2.76 bits per heavy atom. The van der Waals surface area contributed by atoms with Gasteiger partial charge in [-0.05, 0) is 18.0 Å². The molecule has 0 spiro atoms. The van der Waals surface area contributed by atoms with Crippen LogP contribution in [0.4, 0.5) is 5.82 Å². The number of nitrogens with zero attached hydrogens (tertiary/aromatic N) is 4. The van der Waals surface area contributed by atoms with Gasteiger partial charge in [-0.1, -0.05) is 29.3 Å². The summed E-state index contributed by atoms with van der Waals surface area (Å²) in [6, 6.07) is 0. The van der Waals surface area contributed by atoms with E-state index in [0.29, 0.717) is 0 Å². The molecule has 4 nitrogen and oxygen atoms in total. The molecule has 0 saturated carbocycles. The summed E-state index contributed by atoms with van der Waals surface area (Å²) in [4.78, 5) is 4.76. The van der Waals surface area contributed by atoms with E-state index >= 15 is 0 Å². The normalized spacial score (nSPS) is 17.1. The van der Waals surface area contributed by atoms with Gasteiger partial charge in [-0.25, -0.2) is 0 Å². The number of allylic oxidation sites excluding steroid dienone is 1. The molecule has 0 aromatic carbocycles. The molecule has 1 fully saturated rings. The van der Waals surface area contributed by atoms with Crippen LogP contribution in [-0.4, -0.2) is 47.2 Å². The Hall–Kier alpha value is -1.20. The fourth-order valence-corrected chi connectivity index (χ4v) is 2.37. The Labute approximate surface area is 106 Å². The zero-order valence-corrected chi connectivity index (χ0v) is 10.8. The lowest BCUT2D eigenvalue weighted by Crippen LogP contribution is -2.46.